The first kappa shape index (κ1) is 25.8. The van der Waals surface area contributed by atoms with Crippen molar-refractivity contribution < 1.29 is 19.1 Å². The Labute approximate surface area is 209 Å². The summed E-state index contributed by atoms with van der Waals surface area (Å²) in [6.07, 6.45) is 0.299. The molecule has 184 valence electrons. The van der Waals surface area contributed by atoms with Gasteiger partial charge in [0, 0.05) is 24.2 Å². The molecule has 0 spiro atoms. The Kier molecular flexibility index (Phi) is 8.53. The summed E-state index contributed by atoms with van der Waals surface area (Å²) < 4.78 is 10.6. The van der Waals surface area contributed by atoms with Crippen LogP contribution < -0.4 is 10.5 Å². The van der Waals surface area contributed by atoms with E-state index in [9.17, 15) is 9.59 Å². The smallest absolute Gasteiger partial charge is 0.415 e. The fraction of sp³-hybridized carbons (Fsp3) is 0.320. The normalized spacial score (nSPS) is 10.7. The van der Waals surface area contributed by atoms with Gasteiger partial charge in [-0.15, -0.1) is 0 Å². The molecule has 0 radical (unpaired) electrons. The van der Waals surface area contributed by atoms with Gasteiger partial charge in [-0.05, 0) is 38.0 Å². The van der Waals surface area contributed by atoms with E-state index in [1.165, 1.54) is 4.90 Å². The molecule has 2 aromatic carbocycles. The van der Waals surface area contributed by atoms with Crippen LogP contribution in [0.2, 0.25) is 0 Å². The molecular formula is C25H29N5O4S. The number of amidine groups is 1. The number of hydrogen-bond donors (Lipinski definition) is 3. The second-order valence-corrected chi connectivity index (χ2v) is 8.31. The molecule has 0 fully saturated rings. The zero-order valence-corrected chi connectivity index (χ0v) is 20.8. The highest BCUT2D eigenvalue weighted by molar-refractivity contribution is 7.81. The Morgan fingerprint density at radius 2 is 1.80 bits per heavy atom. The number of aryl methyl sites for hydroxylation is 1. The topological polar surface area (TPSA) is 134 Å². The van der Waals surface area contributed by atoms with Crippen molar-refractivity contribution in [1.29, 1.82) is 5.41 Å². The first-order valence-electron chi connectivity index (χ1n) is 11.4. The van der Waals surface area contributed by atoms with Gasteiger partial charge in [-0.1, -0.05) is 43.4 Å². The number of imidazole rings is 1. The van der Waals surface area contributed by atoms with Crippen LogP contribution in [-0.4, -0.2) is 57.3 Å². The maximum absolute atomic E-state index is 12.8. The lowest BCUT2D eigenvalue weighted by molar-refractivity contribution is -0.143. The molecule has 35 heavy (non-hydrogen) atoms. The maximum Gasteiger partial charge on any atom is 0.415 e. The number of H-pyrrole nitrogens is 1. The second kappa shape index (κ2) is 11.6. The Bertz CT molecular complexity index is 1250. The van der Waals surface area contributed by atoms with Gasteiger partial charge in [-0.3, -0.25) is 10.2 Å². The van der Waals surface area contributed by atoms with Crippen LogP contribution in [-0.2, 0) is 9.53 Å². The molecule has 10 heteroatoms. The third kappa shape index (κ3) is 6.21. The van der Waals surface area contributed by atoms with E-state index in [1.54, 1.807) is 43.3 Å². The lowest BCUT2D eigenvalue weighted by atomic mass is 10.1. The van der Waals surface area contributed by atoms with Crippen LogP contribution in [0.25, 0.3) is 11.0 Å². The van der Waals surface area contributed by atoms with E-state index in [-0.39, 0.29) is 24.8 Å². The van der Waals surface area contributed by atoms with Crippen molar-refractivity contribution in [3.63, 3.8) is 0 Å². The zero-order chi connectivity index (χ0) is 25.5. The van der Waals surface area contributed by atoms with Crippen molar-refractivity contribution >= 4 is 46.0 Å². The third-order valence-electron chi connectivity index (χ3n) is 5.37. The molecule has 0 atom stereocenters. The fourth-order valence-corrected chi connectivity index (χ4v) is 3.76. The molecule has 1 amide bonds. The lowest BCUT2D eigenvalue weighted by Gasteiger charge is -2.21. The number of ether oxygens (including phenoxy) is 2. The minimum Gasteiger partial charge on any atom is -0.466 e. The largest absolute Gasteiger partial charge is 0.466 e. The number of amides is 1. The van der Waals surface area contributed by atoms with Gasteiger partial charge in [0.2, 0.25) is 0 Å². The number of hydrogen-bond acceptors (Lipinski definition) is 7. The van der Waals surface area contributed by atoms with Crippen LogP contribution in [0, 0.1) is 12.3 Å². The highest BCUT2D eigenvalue weighted by Crippen LogP contribution is 2.27. The van der Waals surface area contributed by atoms with Crippen molar-refractivity contribution in [2.45, 2.75) is 33.6 Å². The van der Waals surface area contributed by atoms with Crippen molar-refractivity contribution in [2.24, 2.45) is 5.73 Å². The molecule has 4 N–H and O–H groups in total. The van der Waals surface area contributed by atoms with Gasteiger partial charge in [-0.25, -0.2) is 9.78 Å². The van der Waals surface area contributed by atoms with Crippen LogP contribution in [0.15, 0.2) is 36.4 Å². The Balaban J connectivity index is 1.78. The quantitative estimate of drug-likeness (QED) is 0.127. The predicted octanol–water partition coefficient (Wildman–Crippen LogP) is 4.09. The first-order valence-corrected chi connectivity index (χ1v) is 11.8. The van der Waals surface area contributed by atoms with Crippen LogP contribution in [0.1, 0.15) is 49.2 Å². The van der Waals surface area contributed by atoms with Crippen molar-refractivity contribution in [2.75, 3.05) is 19.7 Å². The molecule has 0 aliphatic carbocycles. The van der Waals surface area contributed by atoms with Crippen LogP contribution >= 0.6 is 12.2 Å². The van der Waals surface area contributed by atoms with E-state index in [0.717, 1.165) is 17.5 Å². The number of aromatic nitrogens is 2. The number of aromatic amines is 1. The first-order chi connectivity index (χ1) is 16.7. The summed E-state index contributed by atoms with van der Waals surface area (Å²) in [5, 5.41) is 7.52. The van der Waals surface area contributed by atoms with E-state index < -0.39 is 6.09 Å². The number of nitrogens with one attached hydrogen (secondary N) is 2. The molecule has 0 unspecified atom stereocenters. The summed E-state index contributed by atoms with van der Waals surface area (Å²) in [5.74, 6) is 0.533. The maximum atomic E-state index is 12.8. The number of carbonyl (C=O) groups is 2. The van der Waals surface area contributed by atoms with Crippen LogP contribution in [0.4, 0.5) is 4.79 Å². The predicted molar refractivity (Wildman–Crippen MR) is 138 cm³/mol. The SMILES string of the molecule is CCCN(CCC(=O)OCC)C(=O)Oc1ccc2[nH]c(C(=S)c3ccc(C(=N)N)cc3)nc2c1C. The Morgan fingerprint density at radius 1 is 1.11 bits per heavy atom. The minimum absolute atomic E-state index is 0.0118. The summed E-state index contributed by atoms with van der Waals surface area (Å²) in [6, 6.07) is 10.6. The average molecular weight is 496 g/mol. The van der Waals surface area contributed by atoms with E-state index in [4.69, 9.17) is 32.8 Å². The lowest BCUT2D eigenvalue weighted by Crippen LogP contribution is -2.36. The van der Waals surface area contributed by atoms with Crippen LogP contribution in [0.3, 0.4) is 0 Å². The van der Waals surface area contributed by atoms with Gasteiger partial charge >= 0.3 is 12.1 Å². The minimum atomic E-state index is -0.532. The number of esters is 1. The highest BCUT2D eigenvalue weighted by Gasteiger charge is 2.20. The molecule has 0 bridgehead atoms. The van der Waals surface area contributed by atoms with Crippen LogP contribution in [0.5, 0.6) is 5.75 Å². The standard InChI is InChI=1S/C25H29N5O4S/c1-4-13-30(14-12-20(31)33-5-2)25(32)34-19-11-10-18-21(15(19)3)29-24(28-18)22(35)16-6-8-17(9-7-16)23(26)27/h6-11H,4-5,12-14H2,1-3H3,(H3,26,27)(H,28,29). The van der Waals surface area contributed by atoms with E-state index in [2.05, 4.69) is 9.97 Å². The fourth-order valence-electron chi connectivity index (χ4n) is 3.53. The second-order valence-electron chi connectivity index (χ2n) is 7.90. The zero-order valence-electron chi connectivity index (χ0n) is 20.0. The van der Waals surface area contributed by atoms with Gasteiger partial charge in [0.05, 0.1) is 28.9 Å². The number of nitrogen functional groups attached to an aromatic ring is 1. The van der Waals surface area contributed by atoms with Gasteiger partial charge < -0.3 is 25.1 Å². The summed E-state index contributed by atoms with van der Waals surface area (Å²) in [5.41, 5.74) is 8.99. The molecule has 0 aliphatic heterocycles. The molecular weight excluding hydrogens is 466 g/mol. The van der Waals surface area contributed by atoms with Gasteiger partial charge in [-0.2, -0.15) is 0 Å². The highest BCUT2D eigenvalue weighted by atomic mass is 32.1. The average Bonchev–Trinajstić information content (AvgIpc) is 3.28. The molecule has 0 saturated heterocycles. The summed E-state index contributed by atoms with van der Waals surface area (Å²) in [4.78, 5) is 34.4. The number of nitrogens with zero attached hydrogens (tertiary/aromatic N) is 2. The van der Waals surface area contributed by atoms with Crippen molar-refractivity contribution in [3.8, 4) is 5.75 Å². The molecule has 1 heterocycles. The van der Waals surface area contributed by atoms with E-state index in [0.29, 0.717) is 46.2 Å². The number of benzene rings is 2. The van der Waals surface area contributed by atoms with E-state index >= 15 is 0 Å². The Morgan fingerprint density at radius 3 is 2.43 bits per heavy atom. The van der Waals surface area contributed by atoms with Gasteiger partial charge in [0.15, 0.2) is 0 Å². The molecule has 3 rings (SSSR count). The summed E-state index contributed by atoms with van der Waals surface area (Å²) in [7, 11) is 0. The number of rotatable bonds is 10. The number of thiocarbonyl (C=S) groups is 1. The van der Waals surface area contributed by atoms with Gasteiger partial charge in [0.1, 0.15) is 17.4 Å². The van der Waals surface area contributed by atoms with Crippen molar-refractivity contribution in [3.05, 3.63) is 58.9 Å². The third-order valence-corrected chi connectivity index (χ3v) is 5.80. The summed E-state index contributed by atoms with van der Waals surface area (Å²) >= 11 is 5.61. The Hall–Kier alpha value is -3.79. The molecule has 0 saturated carbocycles. The van der Waals surface area contributed by atoms with E-state index in [1.807, 2.05) is 13.8 Å². The van der Waals surface area contributed by atoms with Gasteiger partial charge in [0.25, 0.3) is 0 Å². The number of nitrogens with two attached hydrogens (primary N) is 1. The van der Waals surface area contributed by atoms with Crippen molar-refractivity contribution in [1.82, 2.24) is 14.9 Å². The number of fused-ring (bicyclic) bond motifs is 1. The molecule has 3 aromatic rings. The number of carbonyl (C=O) groups excluding carboxylic acids is 2. The molecule has 1 aromatic heterocycles. The molecule has 9 nitrogen and oxygen atoms in total. The monoisotopic (exact) mass is 495 g/mol. The summed E-state index contributed by atoms with van der Waals surface area (Å²) in [6.45, 7) is 6.49. The molecule has 0 aliphatic rings.